The summed E-state index contributed by atoms with van der Waals surface area (Å²) in [6.07, 6.45) is 2.39. The summed E-state index contributed by atoms with van der Waals surface area (Å²) in [6, 6.07) is 27.4. The number of anilines is 2. The van der Waals surface area contributed by atoms with Crippen LogP contribution in [0.25, 0.3) is 0 Å². The van der Waals surface area contributed by atoms with E-state index >= 15 is 5.21 Å². The maximum Gasteiger partial charge on any atom is 0.320 e. The van der Waals surface area contributed by atoms with Gasteiger partial charge < -0.3 is 25.2 Å². The Hall–Kier alpha value is -3.72. The van der Waals surface area contributed by atoms with E-state index in [2.05, 4.69) is 55.7 Å². The highest BCUT2D eigenvalue weighted by Gasteiger charge is 2.80. The molecule has 0 aromatic heterocycles. The maximum absolute atomic E-state index is 15.1. The van der Waals surface area contributed by atoms with Crippen LogP contribution in [0.3, 0.4) is 0 Å². The third kappa shape index (κ3) is 4.23. The molecule has 2 aliphatic carbocycles. The Morgan fingerprint density at radius 2 is 1.69 bits per heavy atom. The molecule has 7 rings (SSSR count). The second-order valence-electron chi connectivity index (χ2n) is 13.2. The van der Waals surface area contributed by atoms with Crippen LogP contribution in [-0.4, -0.2) is 35.9 Å². The first kappa shape index (κ1) is 27.1. The van der Waals surface area contributed by atoms with E-state index in [0.29, 0.717) is 24.9 Å². The molecule has 2 saturated carbocycles. The number of nitrogens with zero attached hydrogens (tertiary/aromatic N) is 3. The summed E-state index contributed by atoms with van der Waals surface area (Å²) in [6.45, 7) is 7.03. The molecule has 3 fully saturated rings. The van der Waals surface area contributed by atoms with Crippen molar-refractivity contribution in [2.45, 2.75) is 57.8 Å². The van der Waals surface area contributed by atoms with Crippen LogP contribution in [0.1, 0.15) is 57.2 Å². The number of urea groups is 1. The predicted molar refractivity (Wildman–Crippen MR) is 164 cm³/mol. The van der Waals surface area contributed by atoms with Crippen molar-refractivity contribution >= 4 is 23.1 Å². The lowest BCUT2D eigenvalue weighted by molar-refractivity contribution is -0.950. The van der Waals surface area contributed by atoms with Crippen molar-refractivity contribution in [1.29, 1.82) is 0 Å². The molecule has 2 N–H and O–H groups in total. The van der Waals surface area contributed by atoms with Crippen LogP contribution >= 0.6 is 0 Å². The summed E-state index contributed by atoms with van der Waals surface area (Å²) < 4.78 is 5.60. The summed E-state index contributed by atoms with van der Waals surface area (Å²) in [4.78, 5) is 13.1. The van der Waals surface area contributed by atoms with E-state index in [-0.39, 0.29) is 35.0 Å². The number of quaternary nitrogens is 1. The number of carbonyl (C=O) groups excluding carboxylic acids is 1. The predicted octanol–water partition coefficient (Wildman–Crippen LogP) is 6.73. The van der Waals surface area contributed by atoms with Gasteiger partial charge in [-0.05, 0) is 37.1 Å². The number of benzene rings is 3. The standard InChI is InChI=1S/C34H39N5O3/c1-33(2,3)30-20-31(36-32(40)35-25-14-8-5-9-15-25)38(37-30)26-16-10-13-24(19-26)34(27-17-18-28(27)34)39(41)22-42-21-29(39)23-11-6-4-7-12-23/h4-16,19,27-29,31H,17-18,20-22H2,1-3H3,(H2,35,36,40)/t27?,28?,29-,31?,34?,39?/m0/s1. The number of hydrazone groups is 1. The second-order valence-corrected chi connectivity index (χ2v) is 13.2. The number of rotatable bonds is 6. The third-order valence-corrected chi connectivity index (χ3v) is 9.85. The smallest absolute Gasteiger partial charge is 0.320 e. The number of amides is 2. The van der Waals surface area contributed by atoms with Crippen molar-refractivity contribution in [3.05, 3.63) is 101 Å². The Labute approximate surface area is 247 Å². The molecule has 3 aromatic rings. The monoisotopic (exact) mass is 565 g/mol. The van der Waals surface area contributed by atoms with Gasteiger partial charge in [-0.3, -0.25) is 0 Å². The summed E-state index contributed by atoms with van der Waals surface area (Å²) in [7, 11) is 0. The minimum atomic E-state index is -0.531. The van der Waals surface area contributed by atoms with Crippen LogP contribution < -0.4 is 15.6 Å². The molecular formula is C34H39N5O3. The van der Waals surface area contributed by atoms with Gasteiger partial charge in [0.15, 0.2) is 6.73 Å². The molecule has 2 heterocycles. The highest BCUT2D eigenvalue weighted by atomic mass is 16.6. The zero-order valence-corrected chi connectivity index (χ0v) is 24.5. The molecule has 3 aromatic carbocycles. The first-order valence-electron chi connectivity index (χ1n) is 15.0. The Bertz CT molecular complexity index is 1490. The van der Waals surface area contributed by atoms with E-state index in [1.165, 1.54) is 0 Å². The second kappa shape index (κ2) is 9.93. The SMILES string of the molecule is CC(C)(C)C1=NN(c2cccc(C3([N+]4([O-])COC[C@H]4c4ccccc4)C4CCC43)c2)C(NC(=O)Nc2ccccc2)C1. The molecule has 8 heteroatoms. The summed E-state index contributed by atoms with van der Waals surface area (Å²) in [5, 5.41) is 28.1. The van der Waals surface area contributed by atoms with E-state index in [1.807, 2.05) is 65.7 Å². The number of hydrogen-bond acceptors (Lipinski definition) is 5. The van der Waals surface area contributed by atoms with Crippen LogP contribution in [-0.2, 0) is 10.3 Å². The third-order valence-electron chi connectivity index (χ3n) is 9.85. The molecule has 0 bridgehead atoms. The molecule has 5 atom stereocenters. The number of hydroxylamine groups is 3. The van der Waals surface area contributed by atoms with Crippen molar-refractivity contribution < 1.29 is 14.2 Å². The van der Waals surface area contributed by atoms with E-state index < -0.39 is 5.54 Å². The van der Waals surface area contributed by atoms with Gasteiger partial charge in [0.1, 0.15) is 24.4 Å². The Balaban J connectivity index is 1.22. The van der Waals surface area contributed by atoms with Crippen LogP contribution in [0.15, 0.2) is 90.0 Å². The van der Waals surface area contributed by atoms with E-state index in [1.54, 1.807) is 0 Å². The van der Waals surface area contributed by atoms with Crippen LogP contribution in [0, 0.1) is 22.5 Å². The van der Waals surface area contributed by atoms with E-state index in [9.17, 15) is 4.79 Å². The van der Waals surface area contributed by atoms with E-state index in [0.717, 1.165) is 41.1 Å². The van der Waals surface area contributed by atoms with Crippen molar-refractivity contribution in [2.75, 3.05) is 23.7 Å². The molecule has 42 heavy (non-hydrogen) atoms. The number of hydrogen-bond donors (Lipinski definition) is 2. The molecule has 4 unspecified atom stereocenters. The van der Waals surface area contributed by atoms with Gasteiger partial charge in [-0.1, -0.05) is 81.4 Å². The van der Waals surface area contributed by atoms with Crippen LogP contribution in [0.5, 0.6) is 0 Å². The first-order valence-corrected chi connectivity index (χ1v) is 15.0. The quantitative estimate of drug-likeness (QED) is 0.256. The molecular weight excluding hydrogens is 526 g/mol. The average molecular weight is 566 g/mol. The molecule has 8 nitrogen and oxygen atoms in total. The first-order chi connectivity index (χ1) is 20.2. The highest BCUT2D eigenvalue weighted by Crippen LogP contribution is 2.76. The van der Waals surface area contributed by atoms with E-state index in [4.69, 9.17) is 9.84 Å². The molecule has 2 aliphatic heterocycles. The number of fused-ring (bicyclic) bond motifs is 1. The number of para-hydroxylation sites is 1. The summed E-state index contributed by atoms with van der Waals surface area (Å²) in [5.41, 5.74) is 4.04. The normalized spacial score (nSPS) is 31.6. The Kier molecular flexibility index (Phi) is 6.42. The summed E-state index contributed by atoms with van der Waals surface area (Å²) >= 11 is 0. The van der Waals surface area contributed by atoms with Crippen LogP contribution in [0.2, 0.25) is 0 Å². The molecule has 0 spiro atoms. The molecule has 218 valence electrons. The molecule has 1 saturated heterocycles. The molecule has 0 radical (unpaired) electrons. The molecule has 2 amide bonds. The number of carbonyl (C=O) groups is 1. The van der Waals surface area contributed by atoms with Gasteiger partial charge in [0.2, 0.25) is 0 Å². The minimum absolute atomic E-state index is 0.154. The minimum Gasteiger partial charge on any atom is -0.630 e. The van der Waals surface area contributed by atoms with Gasteiger partial charge >= 0.3 is 6.03 Å². The molecule has 4 aliphatic rings. The Morgan fingerprint density at radius 1 is 1.00 bits per heavy atom. The fraction of sp³-hybridized carbons (Fsp3) is 0.412. The number of nitrogens with one attached hydrogen (secondary N) is 2. The Morgan fingerprint density at radius 3 is 2.36 bits per heavy atom. The highest BCUT2D eigenvalue weighted by molar-refractivity contribution is 5.95. The average Bonchev–Trinajstić information content (AvgIpc) is 3.29. The van der Waals surface area contributed by atoms with Crippen molar-refractivity contribution in [2.24, 2.45) is 22.4 Å². The van der Waals surface area contributed by atoms with Gasteiger partial charge in [0.05, 0.1) is 5.69 Å². The number of ether oxygens (including phenoxy) is 1. The lowest BCUT2D eigenvalue weighted by Crippen LogP contribution is -2.52. The van der Waals surface area contributed by atoms with Gasteiger partial charge in [-0.15, -0.1) is 0 Å². The van der Waals surface area contributed by atoms with Crippen molar-refractivity contribution in [3.63, 3.8) is 0 Å². The van der Waals surface area contributed by atoms with Gasteiger partial charge in [-0.2, -0.15) is 5.10 Å². The topological polar surface area (TPSA) is 89.0 Å². The maximum atomic E-state index is 15.1. The van der Waals surface area contributed by atoms with Crippen molar-refractivity contribution in [1.82, 2.24) is 5.32 Å². The summed E-state index contributed by atoms with van der Waals surface area (Å²) in [5.74, 6) is 0.715. The van der Waals surface area contributed by atoms with Gasteiger partial charge in [0.25, 0.3) is 0 Å². The lowest BCUT2D eigenvalue weighted by atomic mass is 9.88. The van der Waals surface area contributed by atoms with Crippen molar-refractivity contribution in [3.8, 4) is 0 Å². The van der Waals surface area contributed by atoms with Gasteiger partial charge in [0, 0.05) is 46.2 Å². The fourth-order valence-electron chi connectivity index (χ4n) is 7.61. The fourth-order valence-corrected chi connectivity index (χ4v) is 7.61. The zero-order chi connectivity index (χ0) is 29.1. The lowest BCUT2D eigenvalue weighted by Gasteiger charge is -2.50. The largest absolute Gasteiger partial charge is 0.630 e. The van der Waals surface area contributed by atoms with Gasteiger partial charge in [-0.25, -0.2) is 9.80 Å². The zero-order valence-electron chi connectivity index (χ0n) is 24.5. The van der Waals surface area contributed by atoms with Crippen LogP contribution in [0.4, 0.5) is 16.2 Å².